The van der Waals surface area contributed by atoms with E-state index in [0.29, 0.717) is 26.6 Å². The highest BCUT2D eigenvalue weighted by molar-refractivity contribution is 9.10. The third-order valence-electron chi connectivity index (χ3n) is 2.35. The van der Waals surface area contributed by atoms with Crippen molar-refractivity contribution >= 4 is 33.3 Å². The lowest BCUT2D eigenvalue weighted by atomic mass is 10.1. The predicted octanol–water partition coefficient (Wildman–Crippen LogP) is 3.74. The quantitative estimate of drug-likeness (QED) is 0.637. The summed E-state index contributed by atoms with van der Waals surface area (Å²) >= 11 is 9.13. The highest BCUT2D eigenvalue weighted by Gasteiger charge is 2.16. The second-order valence-corrected chi connectivity index (χ2v) is 4.77. The van der Waals surface area contributed by atoms with Gasteiger partial charge in [-0.2, -0.15) is 0 Å². The van der Waals surface area contributed by atoms with Gasteiger partial charge in [-0.3, -0.25) is 4.79 Å². The Labute approximate surface area is 118 Å². The summed E-state index contributed by atoms with van der Waals surface area (Å²) in [6.45, 7) is 0. The second-order valence-electron chi connectivity index (χ2n) is 3.52. The summed E-state index contributed by atoms with van der Waals surface area (Å²) in [4.78, 5) is 16.4. The molecule has 18 heavy (non-hydrogen) atoms. The van der Waals surface area contributed by atoms with Crippen LogP contribution in [-0.2, 0) is 0 Å². The first-order chi connectivity index (χ1) is 8.61. The van der Waals surface area contributed by atoms with E-state index in [1.54, 1.807) is 36.4 Å². The average Bonchev–Trinajstić information content (AvgIpc) is 2.38. The summed E-state index contributed by atoms with van der Waals surface area (Å²) < 4.78 is 5.76. The van der Waals surface area contributed by atoms with Gasteiger partial charge in [-0.15, -0.1) is 0 Å². The zero-order valence-corrected chi connectivity index (χ0v) is 11.8. The number of aromatic nitrogens is 1. The molecule has 92 valence electrons. The minimum absolute atomic E-state index is 0.226. The van der Waals surface area contributed by atoms with Crippen LogP contribution in [0.4, 0.5) is 0 Å². The number of ether oxygens (including phenoxy) is 1. The van der Waals surface area contributed by atoms with Gasteiger partial charge in [0, 0.05) is 5.02 Å². The topological polar surface area (TPSA) is 39.2 Å². The third-order valence-corrected chi connectivity index (χ3v) is 3.03. The number of carbonyl (C=O) groups is 1. The maximum Gasteiger partial charge on any atom is 0.215 e. The number of ketones is 1. The Hall–Kier alpha value is -1.39. The number of benzene rings is 1. The molecule has 0 aliphatic heterocycles. The predicted molar refractivity (Wildman–Crippen MR) is 73.4 cm³/mol. The molecule has 1 heterocycles. The van der Waals surface area contributed by atoms with Crippen LogP contribution in [0.3, 0.4) is 0 Å². The van der Waals surface area contributed by atoms with Crippen LogP contribution >= 0.6 is 27.5 Å². The summed E-state index contributed by atoms with van der Waals surface area (Å²) in [7, 11) is 1.51. The Balaban J connectivity index is 2.48. The van der Waals surface area contributed by atoms with E-state index in [1.165, 1.54) is 7.11 Å². The number of rotatable bonds is 3. The van der Waals surface area contributed by atoms with E-state index in [-0.39, 0.29) is 5.78 Å². The lowest BCUT2D eigenvalue weighted by Gasteiger charge is -2.07. The van der Waals surface area contributed by atoms with Crippen molar-refractivity contribution < 1.29 is 9.53 Å². The van der Waals surface area contributed by atoms with E-state index < -0.39 is 0 Å². The molecule has 0 unspecified atom stereocenters. The number of carbonyl (C=O) groups excluding carboxylic acids is 1. The summed E-state index contributed by atoms with van der Waals surface area (Å²) in [6, 6.07) is 10.1. The van der Waals surface area contributed by atoms with Gasteiger partial charge >= 0.3 is 0 Å². The third kappa shape index (κ3) is 2.71. The largest absolute Gasteiger partial charge is 0.496 e. The van der Waals surface area contributed by atoms with Crippen molar-refractivity contribution in [3.63, 3.8) is 0 Å². The van der Waals surface area contributed by atoms with Crippen molar-refractivity contribution in [1.29, 1.82) is 0 Å². The second kappa shape index (κ2) is 5.50. The van der Waals surface area contributed by atoms with Gasteiger partial charge in [0.2, 0.25) is 5.78 Å². The van der Waals surface area contributed by atoms with Crippen LogP contribution < -0.4 is 4.74 Å². The van der Waals surface area contributed by atoms with Crippen molar-refractivity contribution in [2.45, 2.75) is 0 Å². The van der Waals surface area contributed by atoms with Crippen molar-refractivity contribution in [3.8, 4) is 5.75 Å². The van der Waals surface area contributed by atoms with Gasteiger partial charge < -0.3 is 4.74 Å². The van der Waals surface area contributed by atoms with Gasteiger partial charge in [0.25, 0.3) is 0 Å². The molecule has 0 spiro atoms. The Morgan fingerprint density at radius 3 is 2.78 bits per heavy atom. The first-order valence-corrected chi connectivity index (χ1v) is 6.29. The van der Waals surface area contributed by atoms with Crippen molar-refractivity contribution in [2.24, 2.45) is 0 Å². The van der Waals surface area contributed by atoms with E-state index in [1.807, 2.05) is 0 Å². The van der Waals surface area contributed by atoms with Gasteiger partial charge in [0.15, 0.2) is 0 Å². The number of halogens is 2. The summed E-state index contributed by atoms with van der Waals surface area (Å²) in [5, 5.41) is 0.481. The monoisotopic (exact) mass is 325 g/mol. The van der Waals surface area contributed by atoms with E-state index >= 15 is 0 Å². The van der Waals surface area contributed by atoms with Crippen molar-refractivity contribution in [3.05, 3.63) is 57.3 Å². The summed E-state index contributed by atoms with van der Waals surface area (Å²) in [6.07, 6.45) is 0. The minimum atomic E-state index is -0.226. The number of nitrogens with zero attached hydrogens (tertiary/aromatic N) is 1. The van der Waals surface area contributed by atoms with Gasteiger partial charge in [-0.25, -0.2) is 4.98 Å². The molecule has 0 saturated heterocycles. The maximum atomic E-state index is 12.3. The molecule has 0 saturated carbocycles. The van der Waals surface area contributed by atoms with Gasteiger partial charge in [-0.1, -0.05) is 17.7 Å². The molecule has 1 aromatic heterocycles. The number of pyridine rings is 1. The zero-order chi connectivity index (χ0) is 13.1. The van der Waals surface area contributed by atoms with Crippen LogP contribution in [0.2, 0.25) is 5.02 Å². The summed E-state index contributed by atoms with van der Waals surface area (Å²) in [5.41, 5.74) is 0.737. The zero-order valence-electron chi connectivity index (χ0n) is 9.48. The standard InChI is InChI=1S/C13H9BrClNO2/c1-18-11-6-5-8(15)7-9(11)13(17)10-3-2-4-12(14)16-10/h2-7H,1H3. The molecule has 0 radical (unpaired) electrons. The maximum absolute atomic E-state index is 12.3. The molecule has 0 bridgehead atoms. The van der Waals surface area contributed by atoms with Crippen LogP contribution in [0.25, 0.3) is 0 Å². The highest BCUT2D eigenvalue weighted by Crippen LogP contribution is 2.25. The van der Waals surface area contributed by atoms with Gasteiger partial charge in [0.1, 0.15) is 16.0 Å². The number of hydrogen-bond acceptors (Lipinski definition) is 3. The highest BCUT2D eigenvalue weighted by atomic mass is 79.9. The molecule has 0 aliphatic carbocycles. The lowest BCUT2D eigenvalue weighted by molar-refractivity contribution is 0.103. The Kier molecular flexibility index (Phi) is 3.99. The fourth-order valence-electron chi connectivity index (χ4n) is 1.53. The smallest absolute Gasteiger partial charge is 0.215 e. The average molecular weight is 327 g/mol. The van der Waals surface area contributed by atoms with E-state index in [0.717, 1.165) is 0 Å². The molecule has 0 fully saturated rings. The molecule has 3 nitrogen and oxygen atoms in total. The van der Waals surface area contributed by atoms with Crippen molar-refractivity contribution in [1.82, 2.24) is 4.98 Å². The summed E-state index contributed by atoms with van der Waals surface area (Å²) in [5.74, 6) is 0.252. The lowest BCUT2D eigenvalue weighted by Crippen LogP contribution is -2.06. The Bertz CT molecular complexity index is 601. The molecular formula is C13H9BrClNO2. The van der Waals surface area contributed by atoms with E-state index in [4.69, 9.17) is 16.3 Å². The van der Waals surface area contributed by atoms with E-state index in [2.05, 4.69) is 20.9 Å². The number of hydrogen-bond donors (Lipinski definition) is 0. The molecular weight excluding hydrogens is 318 g/mol. The van der Waals surface area contributed by atoms with Crippen LogP contribution in [0, 0.1) is 0 Å². The van der Waals surface area contributed by atoms with Crippen LogP contribution in [0.15, 0.2) is 41.0 Å². The van der Waals surface area contributed by atoms with Crippen LogP contribution in [0.5, 0.6) is 5.75 Å². The van der Waals surface area contributed by atoms with E-state index in [9.17, 15) is 4.79 Å². The van der Waals surface area contributed by atoms with Gasteiger partial charge in [-0.05, 0) is 46.3 Å². The Morgan fingerprint density at radius 1 is 1.33 bits per heavy atom. The molecule has 0 amide bonds. The molecule has 2 aromatic rings. The van der Waals surface area contributed by atoms with Crippen LogP contribution in [0.1, 0.15) is 16.1 Å². The fraction of sp³-hybridized carbons (Fsp3) is 0.0769. The first-order valence-electron chi connectivity index (χ1n) is 5.12. The molecule has 0 aliphatic rings. The normalized spacial score (nSPS) is 10.2. The van der Waals surface area contributed by atoms with Crippen molar-refractivity contribution in [2.75, 3.05) is 7.11 Å². The molecule has 5 heteroatoms. The van der Waals surface area contributed by atoms with Gasteiger partial charge in [0.05, 0.1) is 12.7 Å². The first kappa shape index (κ1) is 13.1. The Morgan fingerprint density at radius 2 is 2.11 bits per heavy atom. The minimum Gasteiger partial charge on any atom is -0.496 e. The fourth-order valence-corrected chi connectivity index (χ4v) is 2.05. The van der Waals surface area contributed by atoms with Crippen LogP contribution in [-0.4, -0.2) is 17.9 Å². The molecule has 2 rings (SSSR count). The molecule has 1 aromatic carbocycles. The number of methoxy groups -OCH3 is 1. The SMILES string of the molecule is COc1ccc(Cl)cc1C(=O)c1cccc(Br)n1. The molecule has 0 N–H and O–H groups in total. The molecule has 0 atom stereocenters.